The number of halogens is 1. The highest BCUT2D eigenvalue weighted by atomic mass is 19.1. The maximum absolute atomic E-state index is 13.4. The third-order valence-electron chi connectivity index (χ3n) is 2.17. The van der Waals surface area contributed by atoms with Gasteiger partial charge in [0.25, 0.3) is 0 Å². The monoisotopic (exact) mass is 241 g/mol. The Morgan fingerprint density at radius 2 is 2.18 bits per heavy atom. The van der Waals surface area contributed by atoms with Crippen molar-refractivity contribution in [2.75, 3.05) is 27.2 Å². The predicted molar refractivity (Wildman–Crippen MR) is 61.8 cm³/mol. The van der Waals surface area contributed by atoms with Crippen molar-refractivity contribution in [3.05, 3.63) is 29.6 Å². The molecule has 0 aliphatic rings. The van der Waals surface area contributed by atoms with Crippen LogP contribution >= 0.6 is 0 Å². The standard InChI is InChI=1S/C12H16FNO3/c1-14(2)5-6-17-10-4-3-9(7-12(15)16)11(13)8-10/h3-4,8H,5-7H2,1-2H3,(H,15,16). The molecule has 0 saturated carbocycles. The molecule has 17 heavy (non-hydrogen) atoms. The molecular formula is C12H16FNO3. The Bertz CT molecular complexity index is 393. The fourth-order valence-corrected chi connectivity index (χ4v) is 1.27. The van der Waals surface area contributed by atoms with Crippen molar-refractivity contribution in [2.24, 2.45) is 0 Å². The van der Waals surface area contributed by atoms with Crippen molar-refractivity contribution < 1.29 is 19.0 Å². The Morgan fingerprint density at radius 1 is 1.47 bits per heavy atom. The van der Waals surface area contributed by atoms with Crippen LogP contribution in [0.25, 0.3) is 0 Å². The van der Waals surface area contributed by atoms with Gasteiger partial charge in [-0.15, -0.1) is 0 Å². The highest BCUT2D eigenvalue weighted by Crippen LogP contribution is 2.17. The lowest BCUT2D eigenvalue weighted by Crippen LogP contribution is -2.19. The zero-order chi connectivity index (χ0) is 12.8. The number of rotatable bonds is 6. The topological polar surface area (TPSA) is 49.8 Å². The van der Waals surface area contributed by atoms with Gasteiger partial charge in [0, 0.05) is 12.6 Å². The molecule has 1 aromatic carbocycles. The first-order valence-corrected chi connectivity index (χ1v) is 5.27. The lowest BCUT2D eigenvalue weighted by atomic mass is 10.1. The fourth-order valence-electron chi connectivity index (χ4n) is 1.27. The predicted octanol–water partition coefficient (Wildman–Crippen LogP) is 1.39. The number of likely N-dealkylation sites (N-methyl/N-ethyl adjacent to an activating group) is 1. The van der Waals surface area contributed by atoms with Gasteiger partial charge in [0.2, 0.25) is 0 Å². The molecule has 0 heterocycles. The SMILES string of the molecule is CN(C)CCOc1ccc(CC(=O)O)c(F)c1. The number of carboxylic acids is 1. The van der Waals surface area contributed by atoms with Crippen LogP contribution in [0.5, 0.6) is 5.75 Å². The Balaban J connectivity index is 2.59. The van der Waals surface area contributed by atoms with Crippen molar-refractivity contribution in [1.82, 2.24) is 4.90 Å². The maximum Gasteiger partial charge on any atom is 0.307 e. The Kier molecular flexibility index (Phi) is 4.90. The van der Waals surface area contributed by atoms with E-state index in [2.05, 4.69) is 0 Å². The van der Waals surface area contributed by atoms with Crippen LogP contribution in [0.1, 0.15) is 5.56 Å². The van der Waals surface area contributed by atoms with Crippen molar-refractivity contribution in [3.8, 4) is 5.75 Å². The Morgan fingerprint density at radius 3 is 2.71 bits per heavy atom. The van der Waals surface area contributed by atoms with E-state index in [1.54, 1.807) is 6.07 Å². The molecule has 0 aliphatic heterocycles. The summed E-state index contributed by atoms with van der Waals surface area (Å²) in [5, 5.41) is 8.56. The van der Waals surface area contributed by atoms with E-state index in [0.29, 0.717) is 12.4 Å². The molecule has 0 fully saturated rings. The number of nitrogens with zero attached hydrogens (tertiary/aromatic N) is 1. The molecule has 0 unspecified atom stereocenters. The van der Waals surface area contributed by atoms with Gasteiger partial charge in [0.05, 0.1) is 6.42 Å². The number of carbonyl (C=O) groups is 1. The van der Waals surface area contributed by atoms with E-state index in [1.807, 2.05) is 19.0 Å². The summed E-state index contributed by atoms with van der Waals surface area (Å²) in [6.45, 7) is 1.20. The van der Waals surface area contributed by atoms with Gasteiger partial charge in [-0.05, 0) is 25.7 Å². The normalized spacial score (nSPS) is 10.6. The van der Waals surface area contributed by atoms with Gasteiger partial charge in [-0.3, -0.25) is 4.79 Å². The van der Waals surface area contributed by atoms with Crippen LogP contribution < -0.4 is 4.74 Å². The molecule has 0 saturated heterocycles. The van der Waals surface area contributed by atoms with Gasteiger partial charge in [-0.2, -0.15) is 0 Å². The summed E-state index contributed by atoms with van der Waals surface area (Å²) in [6.07, 6.45) is -0.316. The summed E-state index contributed by atoms with van der Waals surface area (Å²) in [6, 6.07) is 4.24. The van der Waals surface area contributed by atoms with Crippen molar-refractivity contribution in [1.29, 1.82) is 0 Å². The van der Waals surface area contributed by atoms with Crippen LogP contribution in [-0.4, -0.2) is 43.2 Å². The summed E-state index contributed by atoms with van der Waals surface area (Å²) in [4.78, 5) is 12.4. The molecule has 0 bridgehead atoms. The third kappa shape index (κ3) is 4.82. The van der Waals surface area contributed by atoms with Crippen LogP contribution in [0, 0.1) is 5.82 Å². The zero-order valence-corrected chi connectivity index (χ0v) is 9.94. The molecule has 5 heteroatoms. The van der Waals surface area contributed by atoms with Crippen LogP contribution in [0.4, 0.5) is 4.39 Å². The second kappa shape index (κ2) is 6.20. The van der Waals surface area contributed by atoms with Crippen molar-refractivity contribution in [3.63, 3.8) is 0 Å². The molecular weight excluding hydrogens is 225 g/mol. The quantitative estimate of drug-likeness (QED) is 0.817. The van der Waals surface area contributed by atoms with Gasteiger partial charge in [0.1, 0.15) is 18.2 Å². The second-order valence-corrected chi connectivity index (χ2v) is 3.98. The first-order valence-electron chi connectivity index (χ1n) is 5.27. The summed E-state index contributed by atoms with van der Waals surface area (Å²) in [7, 11) is 3.83. The van der Waals surface area contributed by atoms with Gasteiger partial charge in [0.15, 0.2) is 0 Å². The summed E-state index contributed by atoms with van der Waals surface area (Å²) < 4.78 is 18.8. The number of benzene rings is 1. The number of hydrogen-bond acceptors (Lipinski definition) is 3. The minimum absolute atomic E-state index is 0.164. The smallest absolute Gasteiger partial charge is 0.307 e. The third-order valence-corrected chi connectivity index (χ3v) is 2.17. The maximum atomic E-state index is 13.4. The average molecular weight is 241 g/mol. The average Bonchev–Trinajstić information content (AvgIpc) is 2.21. The van der Waals surface area contributed by atoms with E-state index < -0.39 is 11.8 Å². The fraction of sp³-hybridized carbons (Fsp3) is 0.417. The minimum atomic E-state index is -1.05. The molecule has 0 amide bonds. The Hall–Kier alpha value is -1.62. The van der Waals surface area contributed by atoms with E-state index in [4.69, 9.17) is 9.84 Å². The first kappa shape index (κ1) is 13.4. The number of carboxylic acid groups (broad SMARTS) is 1. The minimum Gasteiger partial charge on any atom is -0.492 e. The lowest BCUT2D eigenvalue weighted by Gasteiger charge is -2.11. The molecule has 0 radical (unpaired) electrons. The van der Waals surface area contributed by atoms with Crippen molar-refractivity contribution in [2.45, 2.75) is 6.42 Å². The van der Waals surface area contributed by atoms with Crippen LogP contribution in [-0.2, 0) is 11.2 Å². The zero-order valence-electron chi connectivity index (χ0n) is 9.94. The van der Waals surface area contributed by atoms with Crippen LogP contribution in [0.15, 0.2) is 18.2 Å². The highest BCUT2D eigenvalue weighted by molar-refractivity contribution is 5.70. The van der Waals surface area contributed by atoms with Gasteiger partial charge in [-0.25, -0.2) is 4.39 Å². The number of ether oxygens (including phenoxy) is 1. The summed E-state index contributed by atoms with van der Waals surface area (Å²) in [5.41, 5.74) is 0.164. The number of aliphatic carboxylic acids is 1. The molecule has 94 valence electrons. The molecule has 0 spiro atoms. The van der Waals surface area contributed by atoms with E-state index >= 15 is 0 Å². The molecule has 0 aromatic heterocycles. The molecule has 1 rings (SSSR count). The van der Waals surface area contributed by atoms with E-state index in [0.717, 1.165) is 6.54 Å². The molecule has 0 atom stereocenters. The summed E-state index contributed by atoms with van der Waals surface area (Å²) in [5.74, 6) is -1.18. The van der Waals surface area contributed by atoms with E-state index in [1.165, 1.54) is 12.1 Å². The molecule has 1 N–H and O–H groups in total. The van der Waals surface area contributed by atoms with Crippen molar-refractivity contribution >= 4 is 5.97 Å². The van der Waals surface area contributed by atoms with E-state index in [9.17, 15) is 9.18 Å². The Labute approximate surface area is 99.6 Å². The van der Waals surface area contributed by atoms with Crippen LogP contribution in [0.2, 0.25) is 0 Å². The van der Waals surface area contributed by atoms with Gasteiger partial charge < -0.3 is 14.7 Å². The second-order valence-electron chi connectivity index (χ2n) is 3.98. The molecule has 0 aliphatic carbocycles. The molecule has 1 aromatic rings. The number of hydrogen-bond donors (Lipinski definition) is 1. The highest BCUT2D eigenvalue weighted by Gasteiger charge is 2.08. The van der Waals surface area contributed by atoms with Crippen LogP contribution in [0.3, 0.4) is 0 Å². The first-order chi connectivity index (χ1) is 7.99. The lowest BCUT2D eigenvalue weighted by molar-refractivity contribution is -0.136. The van der Waals surface area contributed by atoms with E-state index in [-0.39, 0.29) is 12.0 Å². The largest absolute Gasteiger partial charge is 0.492 e. The van der Waals surface area contributed by atoms with Gasteiger partial charge in [-0.1, -0.05) is 6.07 Å². The molecule has 4 nitrogen and oxygen atoms in total. The summed E-state index contributed by atoms with van der Waals surface area (Å²) >= 11 is 0. The van der Waals surface area contributed by atoms with Gasteiger partial charge >= 0.3 is 5.97 Å².